The minimum atomic E-state index is -0.277. The van der Waals surface area contributed by atoms with Crippen LogP contribution in [-0.4, -0.2) is 22.6 Å². The number of hydrogen-bond donors (Lipinski definition) is 0. The van der Waals surface area contributed by atoms with Crippen LogP contribution >= 0.6 is 0 Å². The fraction of sp³-hybridized carbons (Fsp3) is 0.333. The minimum Gasteiger partial charge on any atom is -0.422 e. The van der Waals surface area contributed by atoms with Crippen molar-refractivity contribution in [3.05, 3.63) is 58.5 Å². The first-order chi connectivity index (χ1) is 11.1. The maximum atomic E-state index is 12.4. The summed E-state index contributed by atoms with van der Waals surface area (Å²) in [5, 5.41) is 0.982. The lowest BCUT2D eigenvalue weighted by molar-refractivity contribution is 0.543. The maximum Gasteiger partial charge on any atom is 0.341 e. The molecule has 5 nitrogen and oxygen atoms in total. The van der Waals surface area contributed by atoms with Crippen molar-refractivity contribution in [3.63, 3.8) is 0 Å². The van der Waals surface area contributed by atoms with Crippen LogP contribution in [0.4, 0.5) is 5.69 Å². The predicted molar refractivity (Wildman–Crippen MR) is 92.1 cm³/mol. The molecule has 0 saturated heterocycles. The number of aryl methyl sites for hydroxylation is 1. The van der Waals surface area contributed by atoms with Crippen LogP contribution in [0.3, 0.4) is 0 Å². The van der Waals surface area contributed by atoms with E-state index in [1.165, 1.54) is 0 Å². The molecule has 2 heterocycles. The van der Waals surface area contributed by atoms with Crippen LogP contribution < -0.4 is 10.5 Å². The zero-order valence-electron chi connectivity index (χ0n) is 13.7. The zero-order chi connectivity index (χ0) is 16.4. The second-order valence-electron chi connectivity index (χ2n) is 5.58. The van der Waals surface area contributed by atoms with Crippen LogP contribution in [0.25, 0.3) is 11.0 Å². The van der Waals surface area contributed by atoms with Gasteiger partial charge < -0.3 is 13.9 Å². The monoisotopic (exact) mass is 311 g/mol. The van der Waals surface area contributed by atoms with E-state index in [0.717, 1.165) is 29.7 Å². The summed E-state index contributed by atoms with van der Waals surface area (Å²) >= 11 is 0. The fourth-order valence-electron chi connectivity index (χ4n) is 2.91. The molecule has 2 aromatic heterocycles. The van der Waals surface area contributed by atoms with E-state index in [0.29, 0.717) is 17.7 Å². The van der Waals surface area contributed by atoms with Crippen LogP contribution in [0.15, 0.2) is 46.1 Å². The number of nitrogens with zero attached hydrogens (tertiary/aromatic N) is 3. The van der Waals surface area contributed by atoms with Crippen molar-refractivity contribution in [2.75, 3.05) is 18.0 Å². The third-order valence-corrected chi connectivity index (χ3v) is 4.30. The highest BCUT2D eigenvalue weighted by atomic mass is 16.4. The largest absolute Gasteiger partial charge is 0.422 e. The van der Waals surface area contributed by atoms with Gasteiger partial charge in [0, 0.05) is 42.6 Å². The van der Waals surface area contributed by atoms with E-state index in [4.69, 9.17) is 4.42 Å². The van der Waals surface area contributed by atoms with Gasteiger partial charge in [-0.05, 0) is 38.5 Å². The first-order valence-corrected chi connectivity index (χ1v) is 7.91. The zero-order valence-corrected chi connectivity index (χ0v) is 13.7. The summed E-state index contributed by atoms with van der Waals surface area (Å²) in [6, 6.07) is 6.08. The fourth-order valence-corrected chi connectivity index (χ4v) is 2.91. The third-order valence-electron chi connectivity index (χ3n) is 4.30. The lowest BCUT2D eigenvalue weighted by atomic mass is 10.1. The number of rotatable bonds is 5. The summed E-state index contributed by atoms with van der Waals surface area (Å²) in [6.07, 6.45) is 5.24. The van der Waals surface area contributed by atoms with Crippen molar-refractivity contribution in [1.29, 1.82) is 0 Å². The molecule has 0 unspecified atom stereocenters. The van der Waals surface area contributed by atoms with Gasteiger partial charge in [-0.1, -0.05) is 0 Å². The summed E-state index contributed by atoms with van der Waals surface area (Å²) in [5.41, 5.74) is 3.08. The third kappa shape index (κ3) is 2.86. The average molecular weight is 311 g/mol. The van der Waals surface area contributed by atoms with Crippen LogP contribution in [0.5, 0.6) is 0 Å². The first kappa shape index (κ1) is 15.3. The number of anilines is 1. The van der Waals surface area contributed by atoms with Gasteiger partial charge in [-0.2, -0.15) is 0 Å². The van der Waals surface area contributed by atoms with Crippen LogP contribution in [0, 0.1) is 6.92 Å². The number of aromatic nitrogens is 2. The van der Waals surface area contributed by atoms with Gasteiger partial charge in [0.15, 0.2) is 0 Å². The highest BCUT2D eigenvalue weighted by Gasteiger charge is 2.13. The molecule has 0 aliphatic heterocycles. The van der Waals surface area contributed by atoms with Crippen molar-refractivity contribution >= 4 is 16.7 Å². The molecule has 0 atom stereocenters. The molecule has 1 aromatic carbocycles. The van der Waals surface area contributed by atoms with E-state index < -0.39 is 0 Å². The van der Waals surface area contributed by atoms with Crippen LogP contribution in [0.2, 0.25) is 0 Å². The van der Waals surface area contributed by atoms with Gasteiger partial charge >= 0.3 is 5.63 Å². The molecule has 0 bridgehead atoms. The second kappa shape index (κ2) is 6.28. The summed E-state index contributed by atoms with van der Waals surface area (Å²) in [6.45, 7) is 8.52. The van der Waals surface area contributed by atoms with E-state index in [2.05, 4.69) is 29.8 Å². The molecular weight excluding hydrogens is 290 g/mol. The molecular formula is C18H21N3O2. The molecule has 0 radical (unpaired) electrons. The molecule has 0 N–H and O–H groups in total. The maximum absolute atomic E-state index is 12.4. The van der Waals surface area contributed by atoms with Crippen molar-refractivity contribution < 1.29 is 4.42 Å². The Kier molecular flexibility index (Phi) is 4.19. The lowest BCUT2D eigenvalue weighted by Crippen LogP contribution is -2.21. The van der Waals surface area contributed by atoms with Gasteiger partial charge in [-0.25, -0.2) is 9.78 Å². The van der Waals surface area contributed by atoms with Gasteiger partial charge in [0.25, 0.3) is 0 Å². The molecule has 0 amide bonds. The van der Waals surface area contributed by atoms with Crippen LogP contribution in [-0.2, 0) is 6.54 Å². The Morgan fingerprint density at radius 3 is 2.70 bits per heavy atom. The van der Waals surface area contributed by atoms with Crippen molar-refractivity contribution in [2.24, 2.45) is 0 Å². The van der Waals surface area contributed by atoms with Gasteiger partial charge in [0.05, 0.1) is 18.4 Å². The average Bonchev–Trinajstić information content (AvgIpc) is 3.05. The summed E-state index contributed by atoms with van der Waals surface area (Å²) in [5.74, 6) is 0. The molecule has 23 heavy (non-hydrogen) atoms. The Labute approximate surface area is 135 Å². The Morgan fingerprint density at radius 1 is 1.26 bits per heavy atom. The molecule has 5 heteroatoms. The standard InChI is InChI=1S/C18H21N3O2/c1-4-21(5-2)14-6-7-15-13(3)16(11-20-9-8-19-12-20)18(22)23-17(15)10-14/h6-10,12H,4-5,11H2,1-3H3. The molecule has 0 aliphatic rings. The molecule has 120 valence electrons. The highest BCUT2D eigenvalue weighted by Crippen LogP contribution is 2.25. The van der Waals surface area contributed by atoms with E-state index >= 15 is 0 Å². The van der Waals surface area contributed by atoms with E-state index in [1.807, 2.05) is 29.8 Å². The van der Waals surface area contributed by atoms with E-state index in [-0.39, 0.29) is 5.63 Å². The van der Waals surface area contributed by atoms with Gasteiger partial charge in [0.2, 0.25) is 0 Å². The Balaban J connectivity index is 2.09. The summed E-state index contributed by atoms with van der Waals surface area (Å²) < 4.78 is 7.46. The Hall–Kier alpha value is -2.56. The predicted octanol–water partition coefficient (Wildman–Crippen LogP) is 3.19. The van der Waals surface area contributed by atoms with Crippen molar-refractivity contribution in [2.45, 2.75) is 27.3 Å². The number of benzene rings is 1. The number of hydrogen-bond acceptors (Lipinski definition) is 4. The first-order valence-electron chi connectivity index (χ1n) is 7.91. The Bertz CT molecular complexity index is 862. The lowest BCUT2D eigenvalue weighted by Gasteiger charge is -2.21. The molecule has 0 aliphatic carbocycles. The smallest absolute Gasteiger partial charge is 0.341 e. The van der Waals surface area contributed by atoms with Crippen molar-refractivity contribution in [1.82, 2.24) is 9.55 Å². The van der Waals surface area contributed by atoms with Crippen molar-refractivity contribution in [3.8, 4) is 0 Å². The van der Waals surface area contributed by atoms with Gasteiger partial charge in [-0.3, -0.25) is 0 Å². The molecule has 0 saturated carbocycles. The van der Waals surface area contributed by atoms with Gasteiger partial charge in [-0.15, -0.1) is 0 Å². The highest BCUT2D eigenvalue weighted by molar-refractivity contribution is 5.84. The van der Waals surface area contributed by atoms with Gasteiger partial charge in [0.1, 0.15) is 5.58 Å². The quantitative estimate of drug-likeness (QED) is 0.679. The molecule has 3 aromatic rings. The SMILES string of the molecule is CCN(CC)c1ccc2c(C)c(Cn3ccnc3)c(=O)oc2c1. The minimum absolute atomic E-state index is 0.277. The molecule has 3 rings (SSSR count). The Morgan fingerprint density at radius 2 is 2.04 bits per heavy atom. The number of fused-ring (bicyclic) bond motifs is 1. The second-order valence-corrected chi connectivity index (χ2v) is 5.58. The molecule has 0 fully saturated rings. The normalized spacial score (nSPS) is 11.1. The van der Waals surface area contributed by atoms with Crippen LogP contribution in [0.1, 0.15) is 25.0 Å². The number of imidazole rings is 1. The van der Waals surface area contributed by atoms with E-state index in [9.17, 15) is 4.79 Å². The molecule has 0 spiro atoms. The topological polar surface area (TPSA) is 51.3 Å². The summed E-state index contributed by atoms with van der Waals surface area (Å²) in [4.78, 5) is 18.6. The summed E-state index contributed by atoms with van der Waals surface area (Å²) in [7, 11) is 0. The van der Waals surface area contributed by atoms with E-state index in [1.54, 1.807) is 12.5 Å².